The summed E-state index contributed by atoms with van der Waals surface area (Å²) in [5.41, 5.74) is 0. The molecule has 0 aromatic carbocycles. The fourth-order valence-corrected chi connectivity index (χ4v) is 1.81. The van der Waals surface area contributed by atoms with Crippen LogP contribution in [0, 0.1) is 5.92 Å². The van der Waals surface area contributed by atoms with Crippen LogP contribution in [0.1, 0.15) is 0 Å². The van der Waals surface area contributed by atoms with Crippen LogP contribution in [0.15, 0.2) is 0 Å². The van der Waals surface area contributed by atoms with Crippen LogP contribution in [-0.2, 0) is 4.74 Å². The highest BCUT2D eigenvalue weighted by Gasteiger charge is 2.59. The van der Waals surface area contributed by atoms with Crippen molar-refractivity contribution in [2.45, 2.75) is 30.5 Å². The number of hydrogen-bond acceptors (Lipinski definition) is 5. The van der Waals surface area contributed by atoms with Crippen molar-refractivity contribution in [2.75, 3.05) is 6.61 Å². The topological polar surface area (TPSA) is 93.5 Å². The van der Waals surface area contributed by atoms with Crippen molar-refractivity contribution in [2.24, 2.45) is 5.92 Å². The van der Waals surface area contributed by atoms with Crippen molar-refractivity contribution in [3.05, 3.63) is 0 Å². The molecule has 5 nitrogen and oxygen atoms in total. The Hall–Kier alpha value is -0.200. The van der Waals surface area contributed by atoms with Crippen LogP contribution in [0.4, 0.5) is 0 Å². The zero-order valence-corrected chi connectivity index (χ0v) is 6.37. The molecule has 0 aromatic rings. The highest BCUT2D eigenvalue weighted by molar-refractivity contribution is 5.07. The van der Waals surface area contributed by atoms with Gasteiger partial charge in [-0.3, -0.25) is 0 Å². The first-order valence-corrected chi connectivity index (χ1v) is 3.97. The second-order valence-corrected chi connectivity index (χ2v) is 3.38. The second kappa shape index (κ2) is 2.65. The highest BCUT2D eigenvalue weighted by Crippen LogP contribution is 2.40. The molecule has 0 unspecified atom stereocenters. The van der Waals surface area contributed by atoms with E-state index in [4.69, 9.17) is 9.84 Å². The van der Waals surface area contributed by atoms with Gasteiger partial charge in [0.15, 0.2) is 0 Å². The first kappa shape index (κ1) is 8.40. The molecule has 1 aliphatic carbocycles. The summed E-state index contributed by atoms with van der Waals surface area (Å²) in [5, 5.41) is 36.7. The van der Waals surface area contributed by atoms with Gasteiger partial charge in [-0.15, -0.1) is 0 Å². The Labute approximate surface area is 69.2 Å². The van der Waals surface area contributed by atoms with Crippen molar-refractivity contribution >= 4 is 0 Å². The van der Waals surface area contributed by atoms with Gasteiger partial charge in [-0.05, 0) is 0 Å². The van der Waals surface area contributed by atoms with Gasteiger partial charge in [0.1, 0.15) is 18.3 Å². The first-order chi connectivity index (χ1) is 5.66. The van der Waals surface area contributed by atoms with E-state index >= 15 is 0 Å². The zero-order chi connectivity index (χ0) is 8.88. The monoisotopic (exact) mass is 176 g/mol. The molecule has 1 saturated carbocycles. The Kier molecular flexibility index (Phi) is 1.85. The smallest absolute Gasteiger partial charge is 0.113 e. The van der Waals surface area contributed by atoms with E-state index < -0.39 is 30.3 Å². The summed E-state index contributed by atoms with van der Waals surface area (Å²) in [7, 11) is 0. The Morgan fingerprint density at radius 3 is 2.17 bits per heavy atom. The van der Waals surface area contributed by atoms with E-state index in [1.54, 1.807) is 0 Å². The average molecular weight is 176 g/mol. The molecule has 2 fully saturated rings. The van der Waals surface area contributed by atoms with E-state index in [9.17, 15) is 15.3 Å². The maximum absolute atomic E-state index is 9.35. The third-order valence-corrected chi connectivity index (χ3v) is 2.67. The molecule has 70 valence electrons. The summed E-state index contributed by atoms with van der Waals surface area (Å²) in [6, 6.07) is 0. The van der Waals surface area contributed by atoms with Crippen LogP contribution in [0.25, 0.3) is 0 Å². The zero-order valence-electron chi connectivity index (χ0n) is 6.37. The average Bonchev–Trinajstić information content (AvgIpc) is 2.81. The van der Waals surface area contributed by atoms with Crippen molar-refractivity contribution in [1.82, 2.24) is 0 Å². The summed E-state index contributed by atoms with van der Waals surface area (Å²) in [6.07, 6.45) is -4.00. The lowest BCUT2D eigenvalue weighted by Gasteiger charge is -2.30. The normalized spacial score (nSPS) is 58.0. The van der Waals surface area contributed by atoms with Crippen molar-refractivity contribution < 1.29 is 25.2 Å². The molecule has 0 radical (unpaired) electrons. The van der Waals surface area contributed by atoms with Gasteiger partial charge in [-0.2, -0.15) is 0 Å². The van der Waals surface area contributed by atoms with Crippen LogP contribution in [0.5, 0.6) is 0 Å². The molecular weight excluding hydrogens is 164 g/mol. The molecule has 2 aliphatic rings. The number of rotatable bonds is 1. The standard InChI is InChI=1S/C7H12O5/c8-1-2-3(9)4(10)5(11)7-6(2)12-7/h2-11H,1H2/t2-,3-,4-,5+,6-,7+/m1/s1. The van der Waals surface area contributed by atoms with E-state index in [2.05, 4.69) is 0 Å². The second-order valence-electron chi connectivity index (χ2n) is 3.38. The first-order valence-electron chi connectivity index (χ1n) is 3.97. The van der Waals surface area contributed by atoms with Gasteiger partial charge in [0, 0.05) is 5.92 Å². The Morgan fingerprint density at radius 1 is 0.917 bits per heavy atom. The quantitative estimate of drug-likeness (QED) is 0.330. The van der Waals surface area contributed by atoms with Crippen LogP contribution in [-0.4, -0.2) is 57.6 Å². The summed E-state index contributed by atoms with van der Waals surface area (Å²) in [5.74, 6) is -0.464. The lowest BCUT2D eigenvalue weighted by atomic mass is 9.83. The molecule has 1 saturated heterocycles. The maximum Gasteiger partial charge on any atom is 0.113 e. The van der Waals surface area contributed by atoms with E-state index in [-0.39, 0.29) is 12.7 Å². The van der Waals surface area contributed by atoms with Gasteiger partial charge in [0.25, 0.3) is 0 Å². The van der Waals surface area contributed by atoms with E-state index in [1.165, 1.54) is 0 Å². The largest absolute Gasteiger partial charge is 0.396 e. The molecule has 0 aromatic heterocycles. The molecular formula is C7H12O5. The molecule has 2 rings (SSSR count). The van der Waals surface area contributed by atoms with Gasteiger partial charge in [-0.1, -0.05) is 0 Å². The lowest BCUT2D eigenvalue weighted by molar-refractivity contribution is -0.105. The highest BCUT2D eigenvalue weighted by atomic mass is 16.6. The number of ether oxygens (including phenoxy) is 1. The molecule has 12 heavy (non-hydrogen) atoms. The number of fused-ring (bicyclic) bond motifs is 1. The summed E-state index contributed by atoms with van der Waals surface area (Å²) < 4.78 is 5.00. The molecule has 5 heteroatoms. The predicted molar refractivity (Wildman–Crippen MR) is 37.3 cm³/mol. The van der Waals surface area contributed by atoms with E-state index in [1.807, 2.05) is 0 Å². The molecule has 4 N–H and O–H groups in total. The fraction of sp³-hybridized carbons (Fsp3) is 1.00. The van der Waals surface area contributed by atoms with Gasteiger partial charge in [0.05, 0.1) is 18.8 Å². The minimum Gasteiger partial charge on any atom is -0.396 e. The summed E-state index contributed by atoms with van der Waals surface area (Å²) in [4.78, 5) is 0. The maximum atomic E-state index is 9.35. The van der Waals surface area contributed by atoms with E-state index in [0.29, 0.717) is 0 Å². The van der Waals surface area contributed by atoms with Crippen LogP contribution in [0.3, 0.4) is 0 Å². The number of hydrogen-bond donors (Lipinski definition) is 4. The SMILES string of the molecule is OC[C@@H]1[C@@H](O)[C@@H](O)[C@H](O)[C@@H]2O[C@H]12. The Bertz CT molecular complexity index is 185. The van der Waals surface area contributed by atoms with Gasteiger partial charge in [-0.25, -0.2) is 0 Å². The van der Waals surface area contributed by atoms with Crippen molar-refractivity contribution in [3.8, 4) is 0 Å². The van der Waals surface area contributed by atoms with Crippen LogP contribution >= 0.6 is 0 Å². The van der Waals surface area contributed by atoms with Gasteiger partial charge in [0.2, 0.25) is 0 Å². The minimum absolute atomic E-state index is 0.230. The summed E-state index contributed by atoms with van der Waals surface area (Å²) >= 11 is 0. The van der Waals surface area contributed by atoms with Crippen molar-refractivity contribution in [1.29, 1.82) is 0 Å². The Morgan fingerprint density at radius 2 is 1.58 bits per heavy atom. The molecule has 0 spiro atoms. The molecule has 1 heterocycles. The lowest BCUT2D eigenvalue weighted by Crippen LogP contribution is -2.52. The van der Waals surface area contributed by atoms with E-state index in [0.717, 1.165) is 0 Å². The molecule has 0 bridgehead atoms. The number of epoxide rings is 1. The summed E-state index contributed by atoms with van der Waals surface area (Å²) in [6.45, 7) is -0.230. The third kappa shape index (κ3) is 0.982. The molecule has 0 amide bonds. The van der Waals surface area contributed by atoms with Gasteiger partial charge >= 0.3 is 0 Å². The number of aliphatic hydroxyl groups is 4. The number of aliphatic hydroxyl groups excluding tert-OH is 4. The molecule has 6 atom stereocenters. The minimum atomic E-state index is -1.20. The fourth-order valence-electron chi connectivity index (χ4n) is 1.81. The third-order valence-electron chi connectivity index (χ3n) is 2.67. The molecule has 1 aliphatic heterocycles. The van der Waals surface area contributed by atoms with Crippen LogP contribution in [0.2, 0.25) is 0 Å². The van der Waals surface area contributed by atoms with Crippen LogP contribution < -0.4 is 0 Å². The Balaban J connectivity index is 2.11. The predicted octanol–water partition coefficient (Wildman–Crippen LogP) is -2.54. The van der Waals surface area contributed by atoms with Crippen molar-refractivity contribution in [3.63, 3.8) is 0 Å². The van der Waals surface area contributed by atoms with Gasteiger partial charge < -0.3 is 25.2 Å².